The minimum atomic E-state index is -4.42. The van der Waals surface area contributed by atoms with Crippen LogP contribution in [0.4, 0.5) is 4.39 Å². The summed E-state index contributed by atoms with van der Waals surface area (Å²) in [7, 11) is -4.42. The molecule has 15 heteroatoms. The molecule has 6 atom stereocenters. The first kappa shape index (κ1) is 31.1. The summed E-state index contributed by atoms with van der Waals surface area (Å²) in [6.07, 6.45) is -4.35. The van der Waals surface area contributed by atoms with E-state index >= 15 is 4.39 Å². The fourth-order valence-electron chi connectivity index (χ4n) is 4.28. The average molecular weight is 658 g/mol. The fourth-order valence-corrected chi connectivity index (χ4v) is 6.12. The number of aliphatic hydroxyl groups excluding tert-OH is 1. The summed E-state index contributed by atoms with van der Waals surface area (Å²) in [4.78, 5) is 38.6. The van der Waals surface area contributed by atoms with E-state index in [2.05, 4.69) is 21.0 Å². The molecule has 222 valence electrons. The average Bonchev–Trinajstić information content (AvgIpc) is 3.13. The molecule has 41 heavy (non-hydrogen) atoms. The molecule has 1 aromatic heterocycles. The van der Waals surface area contributed by atoms with E-state index in [0.29, 0.717) is 5.39 Å². The van der Waals surface area contributed by atoms with Crippen molar-refractivity contribution in [2.24, 2.45) is 0 Å². The molecule has 4 rings (SSSR count). The summed E-state index contributed by atoms with van der Waals surface area (Å²) in [5.74, 6) is -0.545. The summed E-state index contributed by atoms with van der Waals surface area (Å²) in [6, 6.07) is 11.1. The number of aromatic nitrogens is 2. The van der Waals surface area contributed by atoms with Crippen molar-refractivity contribution in [3.05, 3.63) is 74.0 Å². The Hall–Kier alpha value is -2.87. The molecular weight excluding hydrogens is 628 g/mol. The van der Waals surface area contributed by atoms with Crippen molar-refractivity contribution in [2.45, 2.75) is 63.9 Å². The van der Waals surface area contributed by atoms with Crippen molar-refractivity contribution in [1.29, 1.82) is 0 Å². The number of rotatable bonds is 10. The first-order valence-corrected chi connectivity index (χ1v) is 15.0. The van der Waals surface area contributed by atoms with E-state index in [9.17, 15) is 24.1 Å². The highest BCUT2D eigenvalue weighted by Crippen LogP contribution is 2.48. The molecule has 1 saturated heterocycles. The van der Waals surface area contributed by atoms with Crippen LogP contribution < -0.4 is 20.9 Å². The van der Waals surface area contributed by atoms with Crippen LogP contribution in [0.1, 0.15) is 33.9 Å². The smallest absolute Gasteiger partial charge is 0.459 e. The zero-order valence-corrected chi connectivity index (χ0v) is 25.1. The Morgan fingerprint density at radius 1 is 1.24 bits per heavy atom. The number of ether oxygens (including phenoxy) is 2. The van der Waals surface area contributed by atoms with Gasteiger partial charge < -0.3 is 19.1 Å². The minimum Gasteiger partial charge on any atom is -0.462 e. The molecule has 0 bridgehead atoms. The Morgan fingerprint density at radius 3 is 2.63 bits per heavy atom. The first-order chi connectivity index (χ1) is 19.2. The maximum Gasteiger partial charge on any atom is 0.459 e. The van der Waals surface area contributed by atoms with Gasteiger partial charge in [0.2, 0.25) is 0 Å². The van der Waals surface area contributed by atoms with Gasteiger partial charge in [-0.05, 0) is 55.1 Å². The van der Waals surface area contributed by atoms with Crippen LogP contribution in [0.2, 0.25) is 0 Å². The van der Waals surface area contributed by atoms with Gasteiger partial charge >= 0.3 is 19.4 Å². The lowest BCUT2D eigenvalue weighted by molar-refractivity contribution is -0.149. The summed E-state index contributed by atoms with van der Waals surface area (Å²) >= 11 is 2.98. The minimum absolute atomic E-state index is 0.0647. The lowest BCUT2D eigenvalue weighted by Gasteiger charge is -2.26. The maximum atomic E-state index is 15.7. The predicted molar refractivity (Wildman–Crippen MR) is 150 cm³/mol. The SMILES string of the molecule is CC(C)OC(=O)[C@@H](C)NP(=O)(OC[C@H]1O[C@@H](n2cc(Br)c(=O)[nH]c2=O)[C@](C)(F)[C@@H]1O)Oc1cccc2ccccc12. The van der Waals surface area contributed by atoms with Crippen molar-refractivity contribution >= 4 is 40.4 Å². The number of esters is 1. The summed E-state index contributed by atoms with van der Waals surface area (Å²) in [5.41, 5.74) is -4.23. The van der Waals surface area contributed by atoms with Crippen LogP contribution in [0.25, 0.3) is 10.8 Å². The number of hydrogen-bond acceptors (Lipinski definition) is 9. The molecule has 12 nitrogen and oxygen atoms in total. The van der Waals surface area contributed by atoms with Gasteiger partial charge in [0.1, 0.15) is 24.0 Å². The number of nitrogens with zero attached hydrogens (tertiary/aromatic N) is 1. The molecule has 2 heterocycles. The zero-order valence-electron chi connectivity index (χ0n) is 22.6. The van der Waals surface area contributed by atoms with E-state index in [4.69, 9.17) is 18.5 Å². The molecule has 0 amide bonds. The van der Waals surface area contributed by atoms with E-state index in [0.717, 1.165) is 23.1 Å². The number of aromatic amines is 1. The number of benzene rings is 2. The predicted octanol–water partition coefficient (Wildman–Crippen LogP) is 3.57. The Morgan fingerprint density at radius 2 is 1.93 bits per heavy atom. The van der Waals surface area contributed by atoms with Gasteiger partial charge in [-0.3, -0.25) is 23.7 Å². The monoisotopic (exact) mass is 657 g/mol. The number of nitrogens with one attached hydrogen (secondary N) is 2. The van der Waals surface area contributed by atoms with Crippen molar-refractivity contribution in [3.63, 3.8) is 0 Å². The lowest BCUT2D eigenvalue weighted by Crippen LogP contribution is -2.44. The van der Waals surface area contributed by atoms with Crippen LogP contribution in [0, 0.1) is 0 Å². The molecule has 3 N–H and O–H groups in total. The van der Waals surface area contributed by atoms with Crippen molar-refractivity contribution in [3.8, 4) is 5.75 Å². The van der Waals surface area contributed by atoms with E-state index in [1.807, 2.05) is 23.2 Å². The van der Waals surface area contributed by atoms with Crippen molar-refractivity contribution in [1.82, 2.24) is 14.6 Å². The Kier molecular flexibility index (Phi) is 9.22. The summed E-state index contributed by atoms with van der Waals surface area (Å²) in [5, 5.41) is 14.7. The standard InChI is InChI=1S/C26H30BrFN3O9P/c1-14(2)38-23(34)15(3)30-41(36,40-19-11-7-9-16-8-5-6-10-17(16)19)37-13-20-21(32)26(4,28)24(39-20)31-12-18(27)22(33)29-25(31)35/h5-12,14-15,20-21,24,32H,13H2,1-4H3,(H,30,36)(H,29,33,35)/t15-,20-,21-,24-,26-,41?/m1/s1. The number of aliphatic hydroxyl groups is 1. The largest absolute Gasteiger partial charge is 0.462 e. The number of hydrogen-bond donors (Lipinski definition) is 3. The molecule has 1 aliphatic rings. The number of fused-ring (bicyclic) bond motifs is 1. The van der Waals surface area contributed by atoms with Crippen LogP contribution in [-0.4, -0.2) is 57.3 Å². The van der Waals surface area contributed by atoms with Crippen molar-refractivity contribution < 1.29 is 37.4 Å². The highest BCUT2D eigenvalue weighted by atomic mass is 79.9. The quantitative estimate of drug-likeness (QED) is 0.217. The van der Waals surface area contributed by atoms with Gasteiger partial charge in [0.15, 0.2) is 11.9 Å². The normalized spacial score (nSPS) is 24.7. The molecule has 1 unspecified atom stereocenters. The van der Waals surface area contributed by atoms with E-state index in [1.54, 1.807) is 38.1 Å². The second-order valence-corrected chi connectivity index (χ2v) is 12.5. The molecular formula is C26H30BrFN3O9P. The van der Waals surface area contributed by atoms with Crippen LogP contribution >= 0.6 is 23.7 Å². The molecule has 2 aromatic carbocycles. The molecule has 3 aromatic rings. The highest BCUT2D eigenvalue weighted by molar-refractivity contribution is 9.10. The molecule has 1 aliphatic heterocycles. The first-order valence-electron chi connectivity index (χ1n) is 12.7. The van der Waals surface area contributed by atoms with Gasteiger partial charge in [-0.15, -0.1) is 0 Å². The van der Waals surface area contributed by atoms with Gasteiger partial charge in [-0.25, -0.2) is 13.8 Å². The Balaban J connectivity index is 1.61. The van der Waals surface area contributed by atoms with Crippen LogP contribution in [0.15, 0.2) is 62.7 Å². The number of halogens is 2. The molecule has 1 fully saturated rings. The van der Waals surface area contributed by atoms with E-state index < -0.39 is 67.8 Å². The fraction of sp³-hybridized carbons (Fsp3) is 0.423. The van der Waals surface area contributed by atoms with Crippen LogP contribution in [0.3, 0.4) is 0 Å². The van der Waals surface area contributed by atoms with E-state index in [-0.39, 0.29) is 10.2 Å². The highest BCUT2D eigenvalue weighted by Gasteiger charge is 2.56. The molecule has 0 spiro atoms. The summed E-state index contributed by atoms with van der Waals surface area (Å²) in [6.45, 7) is 5.06. The molecule has 0 saturated carbocycles. The van der Waals surface area contributed by atoms with Crippen molar-refractivity contribution in [2.75, 3.05) is 6.61 Å². The maximum absolute atomic E-state index is 15.7. The number of H-pyrrole nitrogens is 1. The topological polar surface area (TPSA) is 158 Å². The van der Waals surface area contributed by atoms with Gasteiger partial charge in [-0.2, -0.15) is 5.09 Å². The van der Waals surface area contributed by atoms with Crippen LogP contribution in [-0.2, 0) is 23.4 Å². The van der Waals surface area contributed by atoms with Crippen LogP contribution in [0.5, 0.6) is 5.75 Å². The zero-order chi connectivity index (χ0) is 30.1. The van der Waals surface area contributed by atoms with Gasteiger partial charge in [0.25, 0.3) is 5.56 Å². The second kappa shape index (κ2) is 12.2. The Bertz CT molecular complexity index is 1590. The second-order valence-electron chi connectivity index (χ2n) is 9.96. The third-order valence-electron chi connectivity index (χ3n) is 6.33. The third-order valence-corrected chi connectivity index (χ3v) is 8.52. The number of carbonyl (C=O) groups is 1. The third kappa shape index (κ3) is 6.79. The number of carbonyl (C=O) groups excluding carboxylic acids is 1. The molecule has 0 aliphatic carbocycles. The molecule has 0 radical (unpaired) electrons. The van der Waals surface area contributed by atoms with Gasteiger partial charge in [-0.1, -0.05) is 36.4 Å². The van der Waals surface area contributed by atoms with Gasteiger partial charge in [0.05, 0.1) is 17.2 Å². The number of alkyl halides is 1. The Labute approximate surface area is 242 Å². The van der Waals surface area contributed by atoms with Gasteiger partial charge in [0, 0.05) is 11.6 Å². The summed E-state index contributed by atoms with van der Waals surface area (Å²) < 4.78 is 52.8. The lowest BCUT2D eigenvalue weighted by atomic mass is 9.98. The van der Waals surface area contributed by atoms with E-state index in [1.165, 1.54) is 6.92 Å².